The predicted octanol–water partition coefficient (Wildman–Crippen LogP) is 3.30. The number of nitrogens with one attached hydrogen (secondary N) is 1. The summed E-state index contributed by atoms with van der Waals surface area (Å²) in [5, 5.41) is 16.5. The average molecular weight is 339 g/mol. The minimum absolute atomic E-state index is 0.0166. The molecule has 0 aliphatic carbocycles. The number of rotatable bonds is 5. The molecule has 0 saturated carbocycles. The van der Waals surface area contributed by atoms with Crippen LogP contribution in [-0.2, 0) is 4.79 Å². The molecule has 1 amide bonds. The van der Waals surface area contributed by atoms with Crippen LogP contribution in [0, 0.1) is 25.2 Å². The zero-order chi connectivity index (χ0) is 18.7. The van der Waals surface area contributed by atoms with Crippen LogP contribution in [0.4, 0.5) is 0 Å². The van der Waals surface area contributed by atoms with Gasteiger partial charge in [0, 0.05) is 29.5 Å². The lowest BCUT2D eigenvalue weighted by Gasteiger charge is -2.15. The van der Waals surface area contributed by atoms with Crippen LogP contribution in [0.15, 0.2) is 23.9 Å². The van der Waals surface area contributed by atoms with Crippen molar-refractivity contribution >= 4 is 12.0 Å². The molecule has 6 heteroatoms. The maximum absolute atomic E-state index is 12.1. The van der Waals surface area contributed by atoms with Crippen molar-refractivity contribution in [2.75, 3.05) is 0 Å². The van der Waals surface area contributed by atoms with Crippen molar-refractivity contribution in [2.24, 2.45) is 0 Å². The van der Waals surface area contributed by atoms with Crippen LogP contribution in [0.1, 0.15) is 50.7 Å². The van der Waals surface area contributed by atoms with Crippen LogP contribution in [0.2, 0.25) is 0 Å². The SMILES string of the molecule is Cc1cc(/C=C(\C#N)C(=O)NC(C)C)c(C)n1-c1ccnn1C(C)C. The first-order valence-corrected chi connectivity index (χ1v) is 8.41. The Balaban J connectivity index is 2.49. The minimum atomic E-state index is -0.352. The number of nitrogens with zero attached hydrogens (tertiary/aromatic N) is 4. The Bertz CT molecular complexity index is 846. The molecule has 0 fully saturated rings. The maximum atomic E-state index is 12.1. The second-order valence-electron chi connectivity index (χ2n) is 6.69. The highest BCUT2D eigenvalue weighted by Gasteiger charge is 2.16. The first kappa shape index (κ1) is 18.5. The van der Waals surface area contributed by atoms with Crippen LogP contribution in [0.3, 0.4) is 0 Å². The van der Waals surface area contributed by atoms with Crippen molar-refractivity contribution in [1.82, 2.24) is 19.7 Å². The highest BCUT2D eigenvalue weighted by atomic mass is 16.1. The standard InChI is InChI=1S/C19H25N5O/c1-12(2)22-19(25)17(11-20)10-16-9-14(5)23(15(16)6)18-7-8-21-24(18)13(3)4/h7-10,12-13H,1-6H3,(H,22,25)/b17-10+. The van der Waals surface area contributed by atoms with Gasteiger partial charge in [-0.05, 0) is 59.2 Å². The summed E-state index contributed by atoms with van der Waals surface area (Å²) in [5.41, 5.74) is 2.94. The molecule has 0 atom stereocenters. The molecule has 1 N–H and O–H groups in total. The molecule has 2 heterocycles. The largest absolute Gasteiger partial charge is 0.349 e. The van der Waals surface area contributed by atoms with E-state index >= 15 is 0 Å². The van der Waals surface area contributed by atoms with E-state index in [0.29, 0.717) is 0 Å². The van der Waals surface area contributed by atoms with Gasteiger partial charge in [0.15, 0.2) is 0 Å². The monoisotopic (exact) mass is 339 g/mol. The summed E-state index contributed by atoms with van der Waals surface area (Å²) in [7, 11) is 0. The van der Waals surface area contributed by atoms with E-state index in [1.165, 1.54) is 0 Å². The number of amides is 1. The van der Waals surface area contributed by atoms with E-state index in [4.69, 9.17) is 0 Å². The van der Waals surface area contributed by atoms with Gasteiger partial charge in [-0.2, -0.15) is 10.4 Å². The molecule has 0 unspecified atom stereocenters. The number of aromatic nitrogens is 3. The first-order chi connectivity index (χ1) is 11.8. The van der Waals surface area contributed by atoms with E-state index in [2.05, 4.69) is 28.8 Å². The second-order valence-corrected chi connectivity index (χ2v) is 6.69. The molecule has 2 rings (SSSR count). The van der Waals surface area contributed by atoms with E-state index in [1.807, 2.05) is 50.6 Å². The zero-order valence-electron chi connectivity index (χ0n) is 15.7. The lowest BCUT2D eigenvalue weighted by Crippen LogP contribution is -2.30. The van der Waals surface area contributed by atoms with Gasteiger partial charge >= 0.3 is 0 Å². The molecule has 2 aromatic rings. The molecule has 0 saturated heterocycles. The average Bonchev–Trinajstić information content (AvgIpc) is 3.08. The van der Waals surface area contributed by atoms with Crippen molar-refractivity contribution in [1.29, 1.82) is 5.26 Å². The summed E-state index contributed by atoms with van der Waals surface area (Å²) in [6.45, 7) is 11.9. The predicted molar refractivity (Wildman–Crippen MR) is 98.3 cm³/mol. The minimum Gasteiger partial charge on any atom is -0.349 e. The molecule has 0 aliphatic rings. The lowest BCUT2D eigenvalue weighted by molar-refractivity contribution is -0.117. The molecule has 6 nitrogen and oxygen atoms in total. The van der Waals surface area contributed by atoms with Gasteiger partial charge in [-0.25, -0.2) is 4.68 Å². The molecule has 0 spiro atoms. The highest BCUT2D eigenvalue weighted by molar-refractivity contribution is 6.01. The van der Waals surface area contributed by atoms with E-state index in [1.54, 1.807) is 12.3 Å². The van der Waals surface area contributed by atoms with Crippen LogP contribution in [0.25, 0.3) is 11.9 Å². The van der Waals surface area contributed by atoms with E-state index < -0.39 is 0 Å². The molecule has 2 aromatic heterocycles. The fourth-order valence-electron chi connectivity index (χ4n) is 2.81. The van der Waals surface area contributed by atoms with Gasteiger partial charge in [-0.1, -0.05) is 0 Å². The Labute approximate surface area is 148 Å². The smallest absolute Gasteiger partial charge is 0.262 e. The molecule has 25 heavy (non-hydrogen) atoms. The van der Waals surface area contributed by atoms with Crippen LogP contribution < -0.4 is 5.32 Å². The number of carbonyl (C=O) groups is 1. The molecule has 0 aliphatic heterocycles. The normalized spacial score (nSPS) is 11.9. The van der Waals surface area contributed by atoms with Gasteiger partial charge < -0.3 is 9.88 Å². The summed E-state index contributed by atoms with van der Waals surface area (Å²) in [5.74, 6) is 0.615. The summed E-state index contributed by atoms with van der Waals surface area (Å²) < 4.78 is 4.04. The topological polar surface area (TPSA) is 75.6 Å². The Morgan fingerprint density at radius 1 is 1.32 bits per heavy atom. The van der Waals surface area contributed by atoms with Crippen molar-refractivity contribution in [3.05, 3.63) is 40.9 Å². The van der Waals surface area contributed by atoms with Gasteiger partial charge in [-0.15, -0.1) is 0 Å². The third kappa shape index (κ3) is 3.82. The van der Waals surface area contributed by atoms with Crippen LogP contribution >= 0.6 is 0 Å². The zero-order valence-corrected chi connectivity index (χ0v) is 15.7. The van der Waals surface area contributed by atoms with Gasteiger partial charge in [-0.3, -0.25) is 4.79 Å². The molecular weight excluding hydrogens is 314 g/mol. The number of carbonyl (C=O) groups excluding carboxylic acids is 1. The molecule has 0 radical (unpaired) electrons. The highest BCUT2D eigenvalue weighted by Crippen LogP contribution is 2.24. The van der Waals surface area contributed by atoms with Gasteiger partial charge in [0.1, 0.15) is 17.5 Å². The lowest BCUT2D eigenvalue weighted by atomic mass is 10.1. The van der Waals surface area contributed by atoms with Gasteiger partial charge in [0.2, 0.25) is 0 Å². The fraction of sp³-hybridized carbons (Fsp3) is 0.421. The molecule has 0 bridgehead atoms. The summed E-state index contributed by atoms with van der Waals surface area (Å²) >= 11 is 0. The first-order valence-electron chi connectivity index (χ1n) is 8.41. The van der Waals surface area contributed by atoms with Crippen molar-refractivity contribution < 1.29 is 4.79 Å². The maximum Gasteiger partial charge on any atom is 0.262 e. The summed E-state index contributed by atoms with van der Waals surface area (Å²) in [6.07, 6.45) is 3.42. The third-order valence-corrected chi connectivity index (χ3v) is 3.92. The van der Waals surface area contributed by atoms with E-state index in [-0.39, 0.29) is 23.6 Å². The Hall–Kier alpha value is -2.81. The fourth-order valence-corrected chi connectivity index (χ4v) is 2.81. The van der Waals surface area contributed by atoms with Crippen molar-refractivity contribution in [3.63, 3.8) is 0 Å². The quantitative estimate of drug-likeness (QED) is 0.671. The summed E-state index contributed by atoms with van der Waals surface area (Å²) in [4.78, 5) is 12.1. The molecular formula is C19H25N5O. The summed E-state index contributed by atoms with van der Waals surface area (Å²) in [6, 6.07) is 6.16. The van der Waals surface area contributed by atoms with E-state index in [0.717, 1.165) is 22.8 Å². The van der Waals surface area contributed by atoms with Crippen molar-refractivity contribution in [2.45, 2.75) is 53.6 Å². The van der Waals surface area contributed by atoms with Crippen molar-refractivity contribution in [3.8, 4) is 11.9 Å². The number of hydrogen-bond acceptors (Lipinski definition) is 3. The van der Waals surface area contributed by atoms with Crippen LogP contribution in [-0.4, -0.2) is 26.3 Å². The Morgan fingerprint density at radius 3 is 2.56 bits per heavy atom. The number of nitriles is 1. The van der Waals surface area contributed by atoms with Crippen LogP contribution in [0.5, 0.6) is 0 Å². The number of hydrogen-bond donors (Lipinski definition) is 1. The second kappa shape index (κ2) is 7.39. The van der Waals surface area contributed by atoms with E-state index in [9.17, 15) is 10.1 Å². The number of aryl methyl sites for hydroxylation is 1. The van der Waals surface area contributed by atoms with Gasteiger partial charge in [0.25, 0.3) is 5.91 Å². The third-order valence-electron chi connectivity index (χ3n) is 3.92. The van der Waals surface area contributed by atoms with Gasteiger partial charge in [0.05, 0.1) is 6.20 Å². The Kier molecular flexibility index (Phi) is 5.48. The molecule has 0 aromatic carbocycles. The Morgan fingerprint density at radius 2 is 2.00 bits per heavy atom. The molecule has 132 valence electrons.